The van der Waals surface area contributed by atoms with Crippen molar-refractivity contribution in [2.75, 3.05) is 26.2 Å². The SMILES string of the molecule is NC(=NCc1ccncc1)N1CCNCC1. The minimum atomic E-state index is 0.623. The van der Waals surface area contributed by atoms with Crippen molar-refractivity contribution in [1.29, 1.82) is 0 Å². The zero-order chi connectivity index (χ0) is 11.2. The van der Waals surface area contributed by atoms with E-state index in [1.54, 1.807) is 12.4 Å². The highest BCUT2D eigenvalue weighted by Gasteiger charge is 2.10. The Balaban J connectivity index is 1.91. The molecular weight excluding hydrogens is 202 g/mol. The Morgan fingerprint density at radius 3 is 2.75 bits per heavy atom. The molecule has 0 aromatic carbocycles. The summed E-state index contributed by atoms with van der Waals surface area (Å²) in [4.78, 5) is 10.5. The van der Waals surface area contributed by atoms with Crippen molar-refractivity contribution in [3.8, 4) is 0 Å². The molecule has 0 saturated carbocycles. The molecule has 2 heterocycles. The number of rotatable bonds is 2. The number of pyridine rings is 1. The second kappa shape index (κ2) is 5.46. The minimum absolute atomic E-state index is 0.623. The maximum atomic E-state index is 5.93. The van der Waals surface area contributed by atoms with E-state index in [4.69, 9.17) is 5.73 Å². The molecule has 5 nitrogen and oxygen atoms in total. The summed E-state index contributed by atoms with van der Waals surface area (Å²) in [5.74, 6) is 0.637. The summed E-state index contributed by atoms with van der Waals surface area (Å²) in [6.45, 7) is 4.45. The number of piperazine rings is 1. The van der Waals surface area contributed by atoms with Crippen LogP contribution in [0.2, 0.25) is 0 Å². The Labute approximate surface area is 95.4 Å². The Kier molecular flexibility index (Phi) is 3.71. The first-order valence-corrected chi connectivity index (χ1v) is 5.51. The molecule has 2 rings (SSSR count). The average molecular weight is 219 g/mol. The lowest BCUT2D eigenvalue weighted by atomic mass is 10.3. The molecule has 0 amide bonds. The first kappa shape index (κ1) is 10.9. The van der Waals surface area contributed by atoms with E-state index in [9.17, 15) is 0 Å². The van der Waals surface area contributed by atoms with Gasteiger partial charge in [-0.3, -0.25) is 4.98 Å². The van der Waals surface area contributed by atoms with Gasteiger partial charge in [0.05, 0.1) is 6.54 Å². The predicted octanol–water partition coefficient (Wildman–Crippen LogP) is -0.199. The number of nitrogens with zero attached hydrogens (tertiary/aromatic N) is 3. The fourth-order valence-electron chi connectivity index (χ4n) is 1.65. The van der Waals surface area contributed by atoms with Gasteiger partial charge >= 0.3 is 0 Å². The van der Waals surface area contributed by atoms with E-state index < -0.39 is 0 Å². The topological polar surface area (TPSA) is 66.5 Å². The van der Waals surface area contributed by atoms with Gasteiger partial charge in [-0.25, -0.2) is 4.99 Å². The van der Waals surface area contributed by atoms with E-state index in [0.29, 0.717) is 12.5 Å². The van der Waals surface area contributed by atoms with Crippen molar-refractivity contribution in [2.45, 2.75) is 6.54 Å². The number of hydrogen-bond donors (Lipinski definition) is 2. The van der Waals surface area contributed by atoms with Gasteiger partial charge < -0.3 is 16.0 Å². The zero-order valence-corrected chi connectivity index (χ0v) is 9.26. The van der Waals surface area contributed by atoms with Crippen LogP contribution in [0.15, 0.2) is 29.5 Å². The van der Waals surface area contributed by atoms with Crippen LogP contribution in [0.1, 0.15) is 5.56 Å². The molecule has 5 heteroatoms. The van der Waals surface area contributed by atoms with Crippen molar-refractivity contribution in [2.24, 2.45) is 10.7 Å². The van der Waals surface area contributed by atoms with Crippen LogP contribution in [0.25, 0.3) is 0 Å². The molecular formula is C11H17N5. The van der Waals surface area contributed by atoms with Gasteiger partial charge in [-0.15, -0.1) is 0 Å². The van der Waals surface area contributed by atoms with Crippen LogP contribution in [0.3, 0.4) is 0 Å². The molecule has 16 heavy (non-hydrogen) atoms. The van der Waals surface area contributed by atoms with Gasteiger partial charge in [-0.1, -0.05) is 0 Å². The molecule has 0 atom stereocenters. The van der Waals surface area contributed by atoms with Crippen LogP contribution in [0, 0.1) is 0 Å². The maximum absolute atomic E-state index is 5.93. The number of nitrogens with one attached hydrogen (secondary N) is 1. The molecule has 1 aliphatic rings. The summed E-state index contributed by atoms with van der Waals surface area (Å²) in [6, 6.07) is 3.91. The molecule has 0 aliphatic carbocycles. The third-order valence-electron chi connectivity index (χ3n) is 2.61. The molecule has 0 unspecified atom stereocenters. The first-order chi connectivity index (χ1) is 7.86. The molecule has 1 fully saturated rings. The largest absolute Gasteiger partial charge is 0.370 e. The van der Waals surface area contributed by atoms with Gasteiger partial charge in [-0.05, 0) is 17.7 Å². The van der Waals surface area contributed by atoms with E-state index in [0.717, 1.165) is 31.7 Å². The van der Waals surface area contributed by atoms with Crippen molar-refractivity contribution in [1.82, 2.24) is 15.2 Å². The molecule has 1 aromatic rings. The van der Waals surface area contributed by atoms with Crippen LogP contribution in [-0.4, -0.2) is 42.0 Å². The summed E-state index contributed by atoms with van der Waals surface area (Å²) >= 11 is 0. The quantitative estimate of drug-likeness (QED) is 0.534. The highest BCUT2D eigenvalue weighted by Crippen LogP contribution is 1.99. The lowest BCUT2D eigenvalue weighted by Crippen LogP contribution is -2.49. The smallest absolute Gasteiger partial charge is 0.191 e. The molecule has 1 aliphatic heterocycles. The lowest BCUT2D eigenvalue weighted by molar-refractivity contribution is 0.353. The number of aromatic nitrogens is 1. The number of nitrogens with two attached hydrogens (primary N) is 1. The Morgan fingerprint density at radius 2 is 2.06 bits per heavy atom. The third-order valence-corrected chi connectivity index (χ3v) is 2.61. The van der Waals surface area contributed by atoms with E-state index in [2.05, 4.69) is 20.2 Å². The van der Waals surface area contributed by atoms with Crippen LogP contribution in [0.4, 0.5) is 0 Å². The van der Waals surface area contributed by atoms with Gasteiger partial charge in [0, 0.05) is 38.6 Å². The summed E-state index contributed by atoms with van der Waals surface area (Å²) in [5, 5.41) is 3.28. The van der Waals surface area contributed by atoms with Gasteiger partial charge in [-0.2, -0.15) is 0 Å². The van der Waals surface area contributed by atoms with Crippen LogP contribution in [-0.2, 0) is 6.54 Å². The molecule has 0 radical (unpaired) electrons. The second-order valence-electron chi connectivity index (χ2n) is 3.77. The summed E-state index contributed by atoms with van der Waals surface area (Å²) < 4.78 is 0. The summed E-state index contributed by atoms with van der Waals surface area (Å²) in [7, 11) is 0. The highest BCUT2D eigenvalue weighted by molar-refractivity contribution is 5.78. The summed E-state index contributed by atoms with van der Waals surface area (Å²) in [6.07, 6.45) is 3.54. The fraction of sp³-hybridized carbons (Fsp3) is 0.455. The molecule has 0 bridgehead atoms. The van der Waals surface area contributed by atoms with Crippen molar-refractivity contribution >= 4 is 5.96 Å². The molecule has 0 spiro atoms. The van der Waals surface area contributed by atoms with Crippen LogP contribution < -0.4 is 11.1 Å². The van der Waals surface area contributed by atoms with Gasteiger partial charge in [0.1, 0.15) is 0 Å². The van der Waals surface area contributed by atoms with Gasteiger partial charge in [0.2, 0.25) is 0 Å². The van der Waals surface area contributed by atoms with Crippen LogP contribution in [0.5, 0.6) is 0 Å². The fourth-order valence-corrected chi connectivity index (χ4v) is 1.65. The third kappa shape index (κ3) is 2.93. The van der Waals surface area contributed by atoms with Crippen molar-refractivity contribution < 1.29 is 0 Å². The number of aliphatic imine (C=N–C) groups is 1. The molecule has 86 valence electrons. The normalized spacial score (nSPS) is 17.5. The Morgan fingerprint density at radius 1 is 1.38 bits per heavy atom. The Bertz CT molecular complexity index is 343. The second-order valence-corrected chi connectivity index (χ2v) is 3.77. The average Bonchev–Trinajstić information content (AvgIpc) is 2.38. The zero-order valence-electron chi connectivity index (χ0n) is 9.26. The molecule has 1 saturated heterocycles. The number of guanidine groups is 1. The van der Waals surface area contributed by atoms with Crippen molar-refractivity contribution in [3.05, 3.63) is 30.1 Å². The minimum Gasteiger partial charge on any atom is -0.370 e. The molecule has 3 N–H and O–H groups in total. The Hall–Kier alpha value is -1.62. The predicted molar refractivity (Wildman–Crippen MR) is 64.0 cm³/mol. The lowest BCUT2D eigenvalue weighted by Gasteiger charge is -2.28. The van der Waals surface area contributed by atoms with Crippen LogP contribution >= 0.6 is 0 Å². The van der Waals surface area contributed by atoms with E-state index >= 15 is 0 Å². The highest BCUT2D eigenvalue weighted by atomic mass is 15.3. The summed E-state index contributed by atoms with van der Waals surface area (Å²) in [5.41, 5.74) is 7.06. The van der Waals surface area contributed by atoms with E-state index in [1.165, 1.54) is 0 Å². The molecule has 1 aromatic heterocycles. The standard InChI is InChI=1S/C11H17N5/c12-11(16-7-5-14-6-8-16)15-9-10-1-3-13-4-2-10/h1-4,14H,5-9H2,(H2,12,15). The van der Waals surface area contributed by atoms with Gasteiger partial charge in [0.25, 0.3) is 0 Å². The van der Waals surface area contributed by atoms with E-state index in [-0.39, 0.29) is 0 Å². The monoisotopic (exact) mass is 219 g/mol. The van der Waals surface area contributed by atoms with E-state index in [1.807, 2.05) is 12.1 Å². The first-order valence-electron chi connectivity index (χ1n) is 5.51. The maximum Gasteiger partial charge on any atom is 0.191 e. The van der Waals surface area contributed by atoms with Gasteiger partial charge in [0.15, 0.2) is 5.96 Å². The number of hydrogen-bond acceptors (Lipinski definition) is 3. The van der Waals surface area contributed by atoms with Crippen molar-refractivity contribution in [3.63, 3.8) is 0 Å².